The van der Waals surface area contributed by atoms with E-state index in [0.29, 0.717) is 29.8 Å². The largest absolute Gasteiger partial charge is 0.490 e. The van der Waals surface area contributed by atoms with Gasteiger partial charge in [0.25, 0.3) is 0 Å². The number of esters is 1. The van der Waals surface area contributed by atoms with Crippen molar-refractivity contribution in [3.63, 3.8) is 0 Å². The van der Waals surface area contributed by atoms with Gasteiger partial charge in [-0.05, 0) is 35.4 Å². The molecule has 212 valence electrons. The van der Waals surface area contributed by atoms with Gasteiger partial charge in [0.1, 0.15) is 18.9 Å². The van der Waals surface area contributed by atoms with Gasteiger partial charge in [0.15, 0.2) is 0 Å². The minimum atomic E-state index is -5.22. The average Bonchev–Trinajstić information content (AvgIpc) is 3.67. The van der Waals surface area contributed by atoms with E-state index in [9.17, 15) is 35.9 Å². The molecule has 1 N–H and O–H groups in total. The summed E-state index contributed by atoms with van der Waals surface area (Å²) in [4.78, 5) is 28.2. The summed E-state index contributed by atoms with van der Waals surface area (Å²) in [5.74, 6) is -2.80. The highest BCUT2D eigenvalue weighted by molar-refractivity contribution is 5.80. The van der Waals surface area contributed by atoms with Crippen LogP contribution in [0.4, 0.5) is 26.3 Å². The number of hydrogen-bond acceptors (Lipinski definition) is 7. The maximum atomic E-state index is 13.7. The number of nitriles is 1. The lowest BCUT2D eigenvalue weighted by atomic mass is 9.85. The fourth-order valence-electron chi connectivity index (χ4n) is 5.17. The first-order valence-corrected chi connectivity index (χ1v) is 12.2. The third-order valence-corrected chi connectivity index (χ3v) is 7.39. The van der Waals surface area contributed by atoms with Gasteiger partial charge in [-0.1, -0.05) is 24.3 Å². The molecule has 1 amide bonds. The van der Waals surface area contributed by atoms with Gasteiger partial charge in [0.05, 0.1) is 35.3 Å². The fourth-order valence-corrected chi connectivity index (χ4v) is 5.17. The standard InChI is InChI=1S/C26H22F6N4O4/c27-25(28,29)18-7-3-16(4-8-18)10-36-20(37)11-35(22-21(40-22)24(36)13-34-14-24)19(12-39-23(38)26(30,31)32)17-5-1-15(9-33)2-6-17/h1-8,19,21-22,34H,10-14H2. The van der Waals surface area contributed by atoms with E-state index in [4.69, 9.17) is 10.00 Å². The molecule has 0 aliphatic carbocycles. The van der Waals surface area contributed by atoms with Crippen molar-refractivity contribution >= 4 is 11.9 Å². The molecule has 2 aromatic rings. The molecule has 3 atom stereocenters. The predicted octanol–water partition coefficient (Wildman–Crippen LogP) is 3.13. The first-order valence-electron chi connectivity index (χ1n) is 12.2. The van der Waals surface area contributed by atoms with E-state index in [1.807, 2.05) is 6.07 Å². The van der Waals surface area contributed by atoms with Crippen LogP contribution in [0.1, 0.15) is 28.3 Å². The Morgan fingerprint density at radius 1 is 1.10 bits per heavy atom. The first kappa shape index (κ1) is 27.9. The van der Waals surface area contributed by atoms with Crippen molar-refractivity contribution in [1.29, 1.82) is 5.26 Å². The molecule has 5 rings (SSSR count). The topological polar surface area (TPSA) is 98.2 Å². The molecule has 8 nitrogen and oxygen atoms in total. The van der Waals surface area contributed by atoms with Gasteiger partial charge in [0.2, 0.25) is 5.91 Å². The number of alkyl halides is 6. The molecular formula is C26H22F6N4O4. The summed E-state index contributed by atoms with van der Waals surface area (Å²) in [6.45, 7) is -0.381. The number of carbonyl (C=O) groups excluding carboxylic acids is 2. The van der Waals surface area contributed by atoms with Crippen LogP contribution in [0, 0.1) is 11.3 Å². The minimum Gasteiger partial charge on any atom is -0.457 e. The molecule has 0 saturated carbocycles. The molecule has 3 aliphatic heterocycles. The van der Waals surface area contributed by atoms with Crippen molar-refractivity contribution in [2.75, 3.05) is 26.2 Å². The Morgan fingerprint density at radius 2 is 1.75 bits per heavy atom. The highest BCUT2D eigenvalue weighted by atomic mass is 19.4. The third-order valence-electron chi connectivity index (χ3n) is 7.39. The summed E-state index contributed by atoms with van der Waals surface area (Å²) < 4.78 is 88.2. The van der Waals surface area contributed by atoms with Crippen molar-refractivity contribution < 1.29 is 45.4 Å². The van der Waals surface area contributed by atoms with E-state index >= 15 is 0 Å². The number of amides is 1. The van der Waals surface area contributed by atoms with Crippen LogP contribution in [0.2, 0.25) is 0 Å². The second-order valence-corrected chi connectivity index (χ2v) is 9.85. The Kier molecular flexibility index (Phi) is 7.01. The molecule has 40 heavy (non-hydrogen) atoms. The molecule has 0 radical (unpaired) electrons. The van der Waals surface area contributed by atoms with Gasteiger partial charge in [0, 0.05) is 19.6 Å². The second-order valence-electron chi connectivity index (χ2n) is 9.85. The summed E-state index contributed by atoms with van der Waals surface area (Å²) in [7, 11) is 0. The SMILES string of the molecule is N#Cc1ccc(C(COC(=O)C(F)(F)F)N2CC(=O)N(Cc3ccc(C(F)(F)F)cc3)C3(CNC3)C3OC32)cc1. The number of nitrogens with zero attached hydrogens (tertiary/aromatic N) is 3. The Balaban J connectivity index is 1.43. The summed E-state index contributed by atoms with van der Waals surface area (Å²) in [6.07, 6.45) is -11.0. The summed E-state index contributed by atoms with van der Waals surface area (Å²) in [5, 5.41) is 12.2. The molecule has 14 heteroatoms. The Morgan fingerprint density at radius 3 is 2.27 bits per heavy atom. The van der Waals surface area contributed by atoms with Crippen molar-refractivity contribution in [1.82, 2.24) is 15.1 Å². The highest BCUT2D eigenvalue weighted by Crippen LogP contribution is 2.46. The molecule has 3 saturated heterocycles. The summed E-state index contributed by atoms with van der Waals surface area (Å²) >= 11 is 0. The zero-order valence-electron chi connectivity index (χ0n) is 20.6. The van der Waals surface area contributed by atoms with E-state index in [-0.39, 0.29) is 13.1 Å². The van der Waals surface area contributed by atoms with Crippen LogP contribution in [-0.2, 0) is 31.8 Å². The van der Waals surface area contributed by atoms with Crippen LogP contribution >= 0.6 is 0 Å². The number of carbonyl (C=O) groups is 2. The zero-order chi connectivity index (χ0) is 28.9. The lowest BCUT2D eigenvalue weighted by Crippen LogP contribution is -2.72. The summed E-state index contributed by atoms with van der Waals surface area (Å²) in [5.41, 5.74) is -0.496. The molecule has 0 aromatic heterocycles. The van der Waals surface area contributed by atoms with Crippen LogP contribution in [-0.4, -0.2) is 72.0 Å². The quantitative estimate of drug-likeness (QED) is 0.325. The Hall–Kier alpha value is -3.67. The molecule has 3 unspecified atom stereocenters. The van der Waals surface area contributed by atoms with Gasteiger partial charge in [-0.2, -0.15) is 31.6 Å². The monoisotopic (exact) mass is 568 g/mol. The van der Waals surface area contributed by atoms with Gasteiger partial charge >= 0.3 is 18.3 Å². The molecular weight excluding hydrogens is 546 g/mol. The number of halogens is 6. The minimum absolute atomic E-state index is 0.0103. The lowest BCUT2D eigenvalue weighted by molar-refractivity contribution is -0.201. The van der Waals surface area contributed by atoms with Gasteiger partial charge in [-0.25, -0.2) is 4.79 Å². The van der Waals surface area contributed by atoms with Crippen LogP contribution in [0.15, 0.2) is 48.5 Å². The van der Waals surface area contributed by atoms with Crippen molar-refractivity contribution in [3.8, 4) is 6.07 Å². The second kappa shape index (κ2) is 10.1. The van der Waals surface area contributed by atoms with Crippen LogP contribution in [0.3, 0.4) is 0 Å². The molecule has 3 aliphatic rings. The lowest BCUT2D eigenvalue weighted by Gasteiger charge is -2.49. The van der Waals surface area contributed by atoms with E-state index in [0.717, 1.165) is 12.1 Å². The molecule has 1 spiro atoms. The van der Waals surface area contributed by atoms with Gasteiger partial charge in [-0.3, -0.25) is 9.69 Å². The maximum Gasteiger partial charge on any atom is 0.490 e. The molecule has 3 heterocycles. The number of ether oxygens (including phenoxy) is 2. The normalized spacial score (nSPS) is 23.0. The number of fused-ring (bicyclic) bond motifs is 2. The van der Waals surface area contributed by atoms with E-state index in [1.54, 1.807) is 0 Å². The van der Waals surface area contributed by atoms with Crippen LogP contribution in [0.25, 0.3) is 0 Å². The average molecular weight is 568 g/mol. The van der Waals surface area contributed by atoms with Gasteiger partial charge in [-0.15, -0.1) is 0 Å². The van der Waals surface area contributed by atoms with Crippen molar-refractivity contribution in [2.45, 2.75) is 42.8 Å². The number of nitrogens with one attached hydrogen (secondary N) is 1. The predicted molar refractivity (Wildman–Crippen MR) is 124 cm³/mol. The molecule has 0 bridgehead atoms. The van der Waals surface area contributed by atoms with E-state index < -0.39 is 60.3 Å². The fraction of sp³-hybridized carbons (Fsp3) is 0.423. The van der Waals surface area contributed by atoms with E-state index in [1.165, 1.54) is 46.2 Å². The smallest absolute Gasteiger partial charge is 0.457 e. The Labute approximate surface area is 224 Å². The van der Waals surface area contributed by atoms with Crippen molar-refractivity contribution in [3.05, 3.63) is 70.8 Å². The number of benzene rings is 2. The maximum absolute atomic E-state index is 13.7. The summed E-state index contributed by atoms with van der Waals surface area (Å²) in [6, 6.07) is 11.3. The van der Waals surface area contributed by atoms with E-state index in [2.05, 4.69) is 10.1 Å². The number of epoxide rings is 1. The molecule has 2 aromatic carbocycles. The van der Waals surface area contributed by atoms with Crippen LogP contribution < -0.4 is 5.32 Å². The first-order chi connectivity index (χ1) is 18.8. The molecule has 3 fully saturated rings. The number of hydrogen-bond donors (Lipinski definition) is 1. The van der Waals surface area contributed by atoms with Crippen molar-refractivity contribution in [2.24, 2.45) is 0 Å². The van der Waals surface area contributed by atoms with Crippen LogP contribution in [0.5, 0.6) is 0 Å². The highest BCUT2D eigenvalue weighted by Gasteiger charge is 2.66. The zero-order valence-corrected chi connectivity index (χ0v) is 20.6. The third kappa shape index (κ3) is 5.24. The number of rotatable bonds is 6. The Bertz CT molecular complexity index is 1320. The van der Waals surface area contributed by atoms with Gasteiger partial charge < -0.3 is 19.7 Å².